The van der Waals surface area contributed by atoms with Crippen LogP contribution in [0.1, 0.15) is 39.5 Å². The van der Waals surface area contributed by atoms with E-state index in [0.29, 0.717) is 0 Å². The first-order valence-electron chi connectivity index (χ1n) is 17.8. The van der Waals surface area contributed by atoms with Crippen molar-refractivity contribution >= 4 is 92.7 Å². The molecule has 31 heteroatoms. The Morgan fingerprint density at radius 2 is 1.18 bits per heavy atom. The Balaban J connectivity index is 0.00000486. The molecular weight excluding hydrogens is 886 g/mol. The fraction of sp³-hybridized carbons (Fsp3) is 0.613. The van der Waals surface area contributed by atoms with Crippen LogP contribution in [0, 0.1) is 5.92 Å². The third kappa shape index (κ3) is 23.6. The number of hydrogen-bond donors (Lipinski definition) is 14. The Labute approximate surface area is 357 Å². The number of nitrogens with two attached hydrogens (primary N) is 4. The predicted octanol–water partition coefficient (Wildman–Crippen LogP) is -5.86. The molecule has 1 rings (SSSR count). The summed E-state index contributed by atoms with van der Waals surface area (Å²) in [4.78, 5) is 139. The average Bonchev–Trinajstić information content (AvgIpc) is 3.15. The van der Waals surface area contributed by atoms with Gasteiger partial charge in [0.05, 0.1) is 32.0 Å². The molecule has 0 aromatic rings. The molecule has 1 aliphatic rings. The van der Waals surface area contributed by atoms with Crippen molar-refractivity contribution < 1.29 is 81.2 Å². The number of nitrogens with one attached hydrogen (secondary N) is 7. The molecule has 8 amide bonds. The topological polar surface area (TPSA) is 449 Å². The lowest BCUT2D eigenvalue weighted by Crippen LogP contribution is -2.60. The molecule has 350 valence electrons. The third-order valence-corrected chi connectivity index (χ3v) is 9.99. The van der Waals surface area contributed by atoms with Gasteiger partial charge in [0.1, 0.15) is 30.2 Å². The van der Waals surface area contributed by atoms with Gasteiger partial charge in [0, 0.05) is 18.1 Å². The SMILES string of the molecule is CC(C)[C@@H]1NC(=O)[C@H](CC(=O)O)NC(=O)[C@H](CC(=O)O)NC(=O)CNC(=O)[C@H](CCCN=C(N)N)NC(=O)CNC(=O)[C@@H](N)CSSC[C@@H](C(N)=O)NC1=O.O=C(O)C(F)(F)F. The highest BCUT2D eigenvalue weighted by Gasteiger charge is 2.38. The van der Waals surface area contributed by atoms with E-state index < -0.39 is 139 Å². The van der Waals surface area contributed by atoms with Crippen LogP contribution in [-0.2, 0) is 52.7 Å². The number of guanidine groups is 1. The van der Waals surface area contributed by atoms with Crippen molar-refractivity contribution in [2.45, 2.75) is 82.0 Å². The molecule has 1 aliphatic heterocycles. The van der Waals surface area contributed by atoms with Gasteiger partial charge in [-0.15, -0.1) is 0 Å². The first-order valence-corrected chi connectivity index (χ1v) is 20.3. The summed E-state index contributed by atoms with van der Waals surface area (Å²) in [5, 5.41) is 41.8. The molecule has 0 spiro atoms. The van der Waals surface area contributed by atoms with Gasteiger partial charge in [0.2, 0.25) is 47.3 Å². The molecule has 62 heavy (non-hydrogen) atoms. The van der Waals surface area contributed by atoms with Crippen molar-refractivity contribution in [3.05, 3.63) is 0 Å². The van der Waals surface area contributed by atoms with Gasteiger partial charge in [0.15, 0.2) is 5.96 Å². The molecule has 0 aromatic heterocycles. The standard InChI is InChI=1S/C29H48N12O12S2.C2HF3O2/c1-12(2)22-28(53)40-17(23(31)48)11-55-54-10-13(30)24(49)35-8-18(42)37-14(4-3-5-34-29(32)33)25(50)36-9-19(43)38-15(6-20(44)45)26(51)39-16(7-21(46)47)27(52)41-22;3-2(4,5)1(6)7/h12-17,22H,3-11,30H2,1-2H3,(H2,31,48)(H,35,49)(H,36,50)(H,37,42)(H,38,43)(H,39,51)(H,40,53)(H,41,52)(H,44,45)(H,46,47)(H4,32,33,34);(H,6,7)/t13-,14-,15-,16-,17-,22-;/m0./s1. The quantitative estimate of drug-likeness (QED) is 0.0420. The predicted molar refractivity (Wildman–Crippen MR) is 211 cm³/mol. The molecular formula is C31H49F3N12O14S2. The molecule has 0 radical (unpaired) electrons. The lowest BCUT2D eigenvalue weighted by molar-refractivity contribution is -0.192. The molecule has 0 aliphatic carbocycles. The summed E-state index contributed by atoms with van der Waals surface area (Å²) < 4.78 is 31.7. The first-order chi connectivity index (χ1) is 28.7. The number of nitrogens with zero attached hydrogens (tertiary/aromatic N) is 1. The normalized spacial score (nSPS) is 23.2. The summed E-state index contributed by atoms with van der Waals surface area (Å²) >= 11 is 0. The Hall–Kier alpha value is -6.11. The zero-order valence-electron chi connectivity index (χ0n) is 32.9. The second-order valence-electron chi connectivity index (χ2n) is 13.1. The maximum atomic E-state index is 13.3. The molecule has 0 bridgehead atoms. The van der Waals surface area contributed by atoms with Gasteiger partial charge in [-0.05, 0) is 18.8 Å². The highest BCUT2D eigenvalue weighted by atomic mass is 33.1. The lowest BCUT2D eigenvalue weighted by Gasteiger charge is -2.27. The van der Waals surface area contributed by atoms with Gasteiger partial charge in [-0.1, -0.05) is 35.4 Å². The van der Waals surface area contributed by atoms with Crippen LogP contribution in [0.2, 0.25) is 0 Å². The minimum Gasteiger partial charge on any atom is -0.481 e. The number of aliphatic carboxylic acids is 3. The molecule has 0 unspecified atom stereocenters. The first kappa shape index (κ1) is 55.9. The van der Waals surface area contributed by atoms with Crippen LogP contribution in [0.15, 0.2) is 4.99 Å². The maximum absolute atomic E-state index is 13.3. The second kappa shape index (κ2) is 27.7. The van der Waals surface area contributed by atoms with E-state index in [1.54, 1.807) is 0 Å². The maximum Gasteiger partial charge on any atom is 0.490 e. The second-order valence-corrected chi connectivity index (χ2v) is 15.6. The monoisotopic (exact) mass is 934 g/mol. The Morgan fingerprint density at radius 1 is 0.710 bits per heavy atom. The van der Waals surface area contributed by atoms with Crippen LogP contribution in [0.4, 0.5) is 13.2 Å². The molecule has 0 aromatic carbocycles. The molecule has 0 saturated carbocycles. The number of rotatable bonds is 10. The molecule has 1 heterocycles. The van der Waals surface area contributed by atoms with Crippen molar-refractivity contribution in [1.29, 1.82) is 0 Å². The number of carboxylic acid groups (broad SMARTS) is 3. The van der Waals surface area contributed by atoms with E-state index in [-0.39, 0.29) is 36.9 Å². The van der Waals surface area contributed by atoms with Crippen molar-refractivity contribution in [2.24, 2.45) is 33.8 Å². The number of halogens is 3. The van der Waals surface area contributed by atoms with E-state index in [0.717, 1.165) is 21.6 Å². The zero-order chi connectivity index (χ0) is 47.9. The van der Waals surface area contributed by atoms with Crippen LogP contribution in [0.5, 0.6) is 0 Å². The number of carbonyl (C=O) groups excluding carboxylic acids is 8. The van der Waals surface area contributed by atoms with E-state index in [1.165, 1.54) is 13.8 Å². The van der Waals surface area contributed by atoms with Gasteiger partial charge < -0.3 is 75.5 Å². The van der Waals surface area contributed by atoms with Gasteiger partial charge >= 0.3 is 24.1 Å². The number of aliphatic imine (C=N–C) groups is 1. The Bertz CT molecular complexity index is 1690. The van der Waals surface area contributed by atoms with E-state index in [4.69, 9.17) is 32.8 Å². The third-order valence-electron chi connectivity index (χ3n) is 7.54. The van der Waals surface area contributed by atoms with Crippen LogP contribution in [0.25, 0.3) is 0 Å². The van der Waals surface area contributed by atoms with Crippen molar-refractivity contribution in [3.8, 4) is 0 Å². The number of carboxylic acids is 3. The Morgan fingerprint density at radius 3 is 1.65 bits per heavy atom. The van der Waals surface area contributed by atoms with E-state index >= 15 is 0 Å². The van der Waals surface area contributed by atoms with Gasteiger partial charge in [-0.25, -0.2) is 4.79 Å². The summed E-state index contributed by atoms with van der Waals surface area (Å²) in [6, 6.07) is -8.93. The number of hydrogen-bond acceptors (Lipinski definition) is 15. The van der Waals surface area contributed by atoms with Crippen molar-refractivity contribution in [1.82, 2.24) is 37.2 Å². The summed E-state index contributed by atoms with van der Waals surface area (Å²) in [6.45, 7) is 1.63. The highest BCUT2D eigenvalue weighted by Crippen LogP contribution is 2.23. The fourth-order valence-corrected chi connectivity index (χ4v) is 6.75. The van der Waals surface area contributed by atoms with Crippen LogP contribution < -0.4 is 60.2 Å². The number of amides is 8. The average molecular weight is 935 g/mol. The summed E-state index contributed by atoms with van der Waals surface area (Å²) in [5.74, 6) is -14.9. The summed E-state index contributed by atoms with van der Waals surface area (Å²) in [5.41, 5.74) is 22.0. The van der Waals surface area contributed by atoms with Crippen molar-refractivity contribution in [2.75, 3.05) is 31.1 Å². The zero-order valence-corrected chi connectivity index (χ0v) is 34.6. The van der Waals surface area contributed by atoms with Crippen LogP contribution in [-0.4, -0.2) is 160 Å². The van der Waals surface area contributed by atoms with Crippen LogP contribution in [0.3, 0.4) is 0 Å². The number of carbonyl (C=O) groups is 11. The Kier molecular flexibility index (Phi) is 25.0. The number of alkyl halides is 3. The molecule has 1 saturated heterocycles. The molecule has 6 atom stereocenters. The summed E-state index contributed by atoms with van der Waals surface area (Å²) in [7, 11) is 2.05. The fourth-order valence-electron chi connectivity index (χ4n) is 4.45. The lowest BCUT2D eigenvalue weighted by atomic mass is 10.0. The van der Waals surface area contributed by atoms with E-state index in [9.17, 15) is 71.3 Å². The number of primary amides is 1. The van der Waals surface area contributed by atoms with Crippen LogP contribution >= 0.6 is 21.6 Å². The molecule has 18 N–H and O–H groups in total. The molecule has 1 fully saturated rings. The largest absolute Gasteiger partial charge is 0.490 e. The highest BCUT2D eigenvalue weighted by molar-refractivity contribution is 8.76. The minimum absolute atomic E-state index is 0.0237. The smallest absolute Gasteiger partial charge is 0.481 e. The van der Waals surface area contributed by atoms with Gasteiger partial charge in [-0.3, -0.25) is 52.9 Å². The van der Waals surface area contributed by atoms with Gasteiger partial charge in [0.25, 0.3) is 0 Å². The van der Waals surface area contributed by atoms with E-state index in [2.05, 4.69) is 42.2 Å². The van der Waals surface area contributed by atoms with E-state index in [1.807, 2.05) is 0 Å². The van der Waals surface area contributed by atoms with Crippen molar-refractivity contribution in [3.63, 3.8) is 0 Å². The van der Waals surface area contributed by atoms with Gasteiger partial charge in [-0.2, -0.15) is 13.2 Å². The minimum atomic E-state index is -5.08. The molecule has 26 nitrogen and oxygen atoms in total. The summed E-state index contributed by atoms with van der Waals surface area (Å²) in [6.07, 6.45) is -7.06.